The van der Waals surface area contributed by atoms with Gasteiger partial charge >= 0.3 is 0 Å². The highest BCUT2D eigenvalue weighted by atomic mass is 32.1. The number of benzene rings is 2. The average molecular weight is 380 g/mol. The lowest BCUT2D eigenvalue weighted by atomic mass is 9.88. The lowest BCUT2D eigenvalue weighted by Gasteiger charge is -2.39. The molecule has 0 unspecified atom stereocenters. The van der Waals surface area contributed by atoms with Crippen molar-refractivity contribution in [2.75, 3.05) is 19.6 Å². The van der Waals surface area contributed by atoms with E-state index >= 15 is 0 Å². The molecule has 1 fully saturated rings. The monoisotopic (exact) mass is 379 g/mol. The van der Waals surface area contributed by atoms with Gasteiger partial charge in [0.25, 0.3) is 5.91 Å². The normalized spacial score (nSPS) is 17.1. The van der Waals surface area contributed by atoms with Gasteiger partial charge in [0.15, 0.2) is 0 Å². The number of nitrogens with zero attached hydrogens (tertiary/aromatic N) is 1. The molecule has 0 atom stereocenters. The zero-order chi connectivity index (χ0) is 18.7. The molecule has 140 valence electrons. The minimum atomic E-state index is -0.327. The van der Waals surface area contributed by atoms with Crippen molar-refractivity contribution >= 4 is 27.3 Å². The van der Waals surface area contributed by atoms with Crippen LogP contribution in [-0.4, -0.2) is 36.0 Å². The van der Waals surface area contributed by atoms with Crippen molar-refractivity contribution in [1.82, 2.24) is 10.2 Å². The first-order valence-corrected chi connectivity index (χ1v) is 10.3. The van der Waals surface area contributed by atoms with Gasteiger partial charge in [0, 0.05) is 36.4 Å². The van der Waals surface area contributed by atoms with Crippen LogP contribution in [0.15, 0.2) is 60.0 Å². The zero-order valence-corrected chi connectivity index (χ0v) is 16.2. The molecule has 1 saturated heterocycles. The van der Waals surface area contributed by atoms with Crippen LogP contribution in [0.4, 0.5) is 0 Å². The van der Waals surface area contributed by atoms with E-state index in [-0.39, 0.29) is 11.4 Å². The molecule has 1 aliphatic rings. The molecule has 5 heteroatoms. The third kappa shape index (κ3) is 4.21. The first-order chi connectivity index (χ1) is 13.1. The van der Waals surface area contributed by atoms with E-state index in [0.717, 1.165) is 48.1 Å². The van der Waals surface area contributed by atoms with E-state index in [4.69, 9.17) is 5.73 Å². The van der Waals surface area contributed by atoms with Crippen LogP contribution < -0.4 is 11.1 Å². The Kier molecular flexibility index (Phi) is 5.25. The highest BCUT2D eigenvalue weighted by Gasteiger charge is 2.31. The Labute approximate surface area is 164 Å². The number of hydrogen-bond acceptors (Lipinski definition) is 4. The van der Waals surface area contributed by atoms with E-state index in [0.29, 0.717) is 6.54 Å². The van der Waals surface area contributed by atoms with Gasteiger partial charge in [0.1, 0.15) is 0 Å². The summed E-state index contributed by atoms with van der Waals surface area (Å²) in [6.07, 6.45) is 1.78. The van der Waals surface area contributed by atoms with E-state index < -0.39 is 0 Å². The molecule has 0 saturated carbocycles. The summed E-state index contributed by atoms with van der Waals surface area (Å²) >= 11 is 1.61. The Balaban J connectivity index is 1.32. The number of nitrogens with two attached hydrogens (primary N) is 1. The average Bonchev–Trinajstić information content (AvgIpc) is 3.18. The van der Waals surface area contributed by atoms with Crippen molar-refractivity contribution < 1.29 is 4.79 Å². The highest BCUT2D eigenvalue weighted by molar-refractivity contribution is 7.17. The molecule has 3 N–H and O–H groups in total. The molecule has 0 spiro atoms. The third-order valence-electron chi connectivity index (χ3n) is 5.43. The molecular weight excluding hydrogens is 354 g/mol. The Morgan fingerprint density at radius 1 is 1.07 bits per heavy atom. The van der Waals surface area contributed by atoms with Gasteiger partial charge in [-0.15, -0.1) is 11.3 Å². The van der Waals surface area contributed by atoms with Crippen LogP contribution in [0.2, 0.25) is 0 Å². The predicted molar refractivity (Wildman–Crippen MR) is 112 cm³/mol. The number of likely N-dealkylation sites (tertiary alicyclic amines) is 1. The lowest BCUT2D eigenvalue weighted by Crippen LogP contribution is -2.56. The fraction of sp³-hybridized carbons (Fsp3) is 0.318. The number of piperidine rings is 1. The van der Waals surface area contributed by atoms with Crippen LogP contribution in [-0.2, 0) is 6.54 Å². The summed E-state index contributed by atoms with van der Waals surface area (Å²) in [4.78, 5) is 15.1. The standard InChI is InChI=1S/C22H25N3OS/c23-22(10-12-25(13-11-22)15-17-5-2-1-3-6-17)16-24-21(26)19-8-4-7-18-9-14-27-20(18)19/h1-9,14H,10-13,15-16,23H2,(H,24,26). The summed E-state index contributed by atoms with van der Waals surface area (Å²) in [5, 5.41) is 6.22. The fourth-order valence-electron chi connectivity index (χ4n) is 3.70. The molecule has 1 aromatic heterocycles. The maximum absolute atomic E-state index is 12.7. The molecule has 0 bridgehead atoms. The largest absolute Gasteiger partial charge is 0.350 e. The van der Waals surface area contributed by atoms with Gasteiger partial charge in [-0.05, 0) is 41.3 Å². The highest BCUT2D eigenvalue weighted by Crippen LogP contribution is 2.25. The van der Waals surface area contributed by atoms with E-state index in [2.05, 4.69) is 34.5 Å². The van der Waals surface area contributed by atoms with Gasteiger partial charge in [-0.3, -0.25) is 9.69 Å². The molecule has 0 radical (unpaired) electrons. The van der Waals surface area contributed by atoms with E-state index in [9.17, 15) is 4.79 Å². The summed E-state index contributed by atoms with van der Waals surface area (Å²) in [5.74, 6) is -0.0282. The maximum atomic E-state index is 12.7. The Morgan fingerprint density at radius 3 is 2.63 bits per heavy atom. The number of carbonyl (C=O) groups is 1. The Morgan fingerprint density at radius 2 is 1.85 bits per heavy atom. The maximum Gasteiger partial charge on any atom is 0.252 e. The van der Waals surface area contributed by atoms with Crippen molar-refractivity contribution in [3.05, 3.63) is 71.1 Å². The van der Waals surface area contributed by atoms with Gasteiger partial charge < -0.3 is 11.1 Å². The van der Waals surface area contributed by atoms with Crippen molar-refractivity contribution in [3.63, 3.8) is 0 Å². The molecule has 1 amide bonds. The lowest BCUT2D eigenvalue weighted by molar-refractivity contribution is 0.0924. The summed E-state index contributed by atoms with van der Waals surface area (Å²) < 4.78 is 1.04. The number of rotatable bonds is 5. The van der Waals surface area contributed by atoms with Gasteiger partial charge in [-0.25, -0.2) is 0 Å². The van der Waals surface area contributed by atoms with E-state index in [1.54, 1.807) is 11.3 Å². The molecule has 27 heavy (non-hydrogen) atoms. The quantitative estimate of drug-likeness (QED) is 0.712. The second-order valence-corrected chi connectivity index (χ2v) is 8.37. The number of carbonyl (C=O) groups excluding carboxylic acids is 1. The first kappa shape index (κ1) is 18.2. The number of thiophene rings is 1. The van der Waals surface area contributed by atoms with Crippen LogP contribution in [0.1, 0.15) is 28.8 Å². The smallest absolute Gasteiger partial charge is 0.252 e. The Bertz CT molecular complexity index is 913. The molecule has 3 aromatic rings. The van der Waals surface area contributed by atoms with Crippen molar-refractivity contribution in [2.24, 2.45) is 5.73 Å². The van der Waals surface area contributed by atoms with Crippen LogP contribution >= 0.6 is 11.3 Å². The van der Waals surface area contributed by atoms with Crippen LogP contribution in [0.3, 0.4) is 0 Å². The first-order valence-electron chi connectivity index (χ1n) is 9.43. The van der Waals surface area contributed by atoms with Crippen molar-refractivity contribution in [1.29, 1.82) is 0 Å². The number of amides is 1. The molecule has 2 aromatic carbocycles. The van der Waals surface area contributed by atoms with Crippen LogP contribution in [0.25, 0.3) is 10.1 Å². The van der Waals surface area contributed by atoms with E-state index in [1.165, 1.54) is 5.56 Å². The van der Waals surface area contributed by atoms with Crippen molar-refractivity contribution in [3.8, 4) is 0 Å². The molecule has 2 heterocycles. The molecule has 4 rings (SSSR count). The third-order valence-corrected chi connectivity index (χ3v) is 6.39. The molecule has 4 nitrogen and oxygen atoms in total. The SMILES string of the molecule is NC1(CNC(=O)c2cccc3ccsc23)CCN(Cc2ccccc2)CC1. The van der Waals surface area contributed by atoms with Gasteiger partial charge in [-0.1, -0.05) is 42.5 Å². The summed E-state index contributed by atoms with van der Waals surface area (Å²) in [7, 11) is 0. The summed E-state index contributed by atoms with van der Waals surface area (Å²) in [5.41, 5.74) is 8.34. The fourth-order valence-corrected chi connectivity index (χ4v) is 4.61. The minimum Gasteiger partial charge on any atom is -0.350 e. The summed E-state index contributed by atoms with van der Waals surface area (Å²) in [6.45, 7) is 3.40. The van der Waals surface area contributed by atoms with Crippen molar-refractivity contribution in [2.45, 2.75) is 24.9 Å². The minimum absolute atomic E-state index is 0.0282. The van der Waals surface area contributed by atoms with E-state index in [1.807, 2.05) is 35.7 Å². The van der Waals surface area contributed by atoms with Gasteiger partial charge in [0.2, 0.25) is 0 Å². The number of fused-ring (bicyclic) bond motifs is 1. The number of nitrogens with one attached hydrogen (secondary N) is 1. The van der Waals surface area contributed by atoms with Gasteiger partial charge in [-0.2, -0.15) is 0 Å². The van der Waals surface area contributed by atoms with Crippen LogP contribution in [0, 0.1) is 0 Å². The van der Waals surface area contributed by atoms with Crippen LogP contribution in [0.5, 0.6) is 0 Å². The molecule has 0 aliphatic carbocycles. The number of hydrogen-bond donors (Lipinski definition) is 2. The van der Waals surface area contributed by atoms with Gasteiger partial charge in [0.05, 0.1) is 5.56 Å². The zero-order valence-electron chi connectivity index (χ0n) is 15.4. The Hall–Kier alpha value is -2.21. The second kappa shape index (κ2) is 7.80. The molecular formula is C22H25N3OS. The summed E-state index contributed by atoms with van der Waals surface area (Å²) in [6, 6.07) is 18.4. The predicted octanol–water partition coefficient (Wildman–Crippen LogP) is 3.62. The topological polar surface area (TPSA) is 58.4 Å². The molecule has 1 aliphatic heterocycles. The second-order valence-electron chi connectivity index (χ2n) is 7.45.